The largest absolute Gasteiger partial charge is 0.355 e. The molecule has 3 rings (SSSR count). The summed E-state index contributed by atoms with van der Waals surface area (Å²) in [6, 6.07) is 7.62. The molecule has 1 amide bonds. The van der Waals surface area contributed by atoms with E-state index in [4.69, 9.17) is 5.14 Å². The number of carbonyl (C=O) groups excluding carboxylic acids is 1. The first-order chi connectivity index (χ1) is 12.3. The van der Waals surface area contributed by atoms with Gasteiger partial charge in [0.2, 0.25) is 15.9 Å². The number of primary sulfonamides is 1. The number of nitrogens with one attached hydrogen (secondary N) is 1. The Hall–Kier alpha value is -2.17. The van der Waals surface area contributed by atoms with Gasteiger partial charge in [0.25, 0.3) is 5.56 Å². The quantitative estimate of drug-likeness (QED) is 0.687. The highest BCUT2D eigenvalue weighted by atomic mass is 32.2. The van der Waals surface area contributed by atoms with Gasteiger partial charge in [0.15, 0.2) is 5.16 Å². The minimum absolute atomic E-state index is 0.0576. The Morgan fingerprint density at radius 2 is 2.04 bits per heavy atom. The smallest absolute Gasteiger partial charge is 0.254 e. The molecule has 0 saturated heterocycles. The summed E-state index contributed by atoms with van der Waals surface area (Å²) >= 11 is 1.40. The summed E-state index contributed by atoms with van der Waals surface area (Å²) in [4.78, 5) is 28.4. The number of sulfonamides is 1. The van der Waals surface area contributed by atoms with Gasteiger partial charge in [-0.05, 0) is 24.1 Å². The van der Waals surface area contributed by atoms with Crippen molar-refractivity contribution in [3.63, 3.8) is 0 Å². The van der Waals surface area contributed by atoms with Crippen LogP contribution in [0.4, 0.5) is 0 Å². The predicted octanol–water partition coefficient (Wildman–Crippen LogP) is -0.0285. The van der Waals surface area contributed by atoms with Crippen molar-refractivity contribution in [2.24, 2.45) is 11.1 Å². The van der Waals surface area contributed by atoms with Gasteiger partial charge in [-0.1, -0.05) is 23.9 Å². The Morgan fingerprint density at radius 3 is 2.73 bits per heavy atom. The Balaban J connectivity index is 1.53. The van der Waals surface area contributed by atoms with Crippen LogP contribution in [0.15, 0.2) is 51.4 Å². The Kier molecular flexibility index (Phi) is 5.44. The van der Waals surface area contributed by atoms with E-state index in [0.717, 1.165) is 5.56 Å². The zero-order valence-corrected chi connectivity index (χ0v) is 15.4. The van der Waals surface area contributed by atoms with Crippen LogP contribution in [-0.4, -0.2) is 36.2 Å². The van der Waals surface area contributed by atoms with Gasteiger partial charge in [0, 0.05) is 31.1 Å². The normalized spacial score (nSPS) is 16.7. The van der Waals surface area contributed by atoms with Crippen molar-refractivity contribution < 1.29 is 13.2 Å². The molecule has 3 N–H and O–H groups in total. The van der Waals surface area contributed by atoms with Gasteiger partial charge in [-0.25, -0.2) is 18.5 Å². The number of amides is 1. The van der Waals surface area contributed by atoms with Crippen LogP contribution in [-0.2, 0) is 27.8 Å². The lowest BCUT2D eigenvalue weighted by Crippen LogP contribution is -2.40. The highest BCUT2D eigenvalue weighted by Crippen LogP contribution is 2.24. The van der Waals surface area contributed by atoms with Gasteiger partial charge in [-0.3, -0.25) is 14.2 Å². The van der Waals surface area contributed by atoms with E-state index in [1.165, 1.54) is 40.7 Å². The van der Waals surface area contributed by atoms with Crippen molar-refractivity contribution in [2.45, 2.75) is 23.0 Å². The molecule has 0 saturated carbocycles. The second-order valence-corrected chi connectivity index (χ2v) is 8.46. The standard InChI is InChI=1S/C16H18N4O4S2/c17-26(23,24)13-3-1-11(2-4-13)5-7-18-15(22)12-9-20-14(21)6-8-19-16(20)25-10-12/h1-4,6,8,12H,5,7,9-10H2,(H,18,22)(H2,17,23,24). The highest BCUT2D eigenvalue weighted by molar-refractivity contribution is 7.99. The molecule has 8 nitrogen and oxygen atoms in total. The van der Waals surface area contributed by atoms with Gasteiger partial charge < -0.3 is 5.32 Å². The van der Waals surface area contributed by atoms with Crippen LogP contribution in [0.2, 0.25) is 0 Å². The SMILES string of the molecule is NS(=O)(=O)c1ccc(CCNC(=O)C2CSc3nccc(=O)n3C2)cc1. The fourth-order valence-corrected chi connectivity index (χ4v) is 4.21. The lowest BCUT2D eigenvalue weighted by atomic mass is 10.1. The molecule has 10 heteroatoms. The van der Waals surface area contributed by atoms with Crippen LogP contribution in [0.3, 0.4) is 0 Å². The second kappa shape index (κ2) is 7.60. The molecule has 0 fully saturated rings. The van der Waals surface area contributed by atoms with Crippen LogP contribution in [0, 0.1) is 5.92 Å². The van der Waals surface area contributed by atoms with Crippen LogP contribution in [0.25, 0.3) is 0 Å². The number of hydrogen-bond acceptors (Lipinski definition) is 6. The molecular weight excluding hydrogens is 376 g/mol. The number of nitrogens with two attached hydrogens (primary N) is 1. The maximum Gasteiger partial charge on any atom is 0.254 e. The minimum Gasteiger partial charge on any atom is -0.355 e. The van der Waals surface area contributed by atoms with Crippen molar-refractivity contribution in [1.29, 1.82) is 0 Å². The molecule has 138 valence electrons. The zero-order chi connectivity index (χ0) is 18.7. The Labute approximate surface area is 154 Å². The van der Waals surface area contributed by atoms with Gasteiger partial charge >= 0.3 is 0 Å². The van der Waals surface area contributed by atoms with E-state index >= 15 is 0 Å². The first-order valence-electron chi connectivity index (χ1n) is 7.93. The number of rotatable bonds is 5. The summed E-state index contributed by atoms with van der Waals surface area (Å²) in [5.41, 5.74) is 0.733. The molecule has 1 unspecified atom stereocenters. The van der Waals surface area contributed by atoms with Crippen molar-refractivity contribution in [3.05, 3.63) is 52.4 Å². The third-order valence-electron chi connectivity index (χ3n) is 4.05. The van der Waals surface area contributed by atoms with Gasteiger partial charge in [0.05, 0.1) is 10.8 Å². The third-order valence-corrected chi connectivity index (χ3v) is 6.13. The average Bonchev–Trinajstić information content (AvgIpc) is 2.61. The summed E-state index contributed by atoms with van der Waals surface area (Å²) < 4.78 is 24.0. The lowest BCUT2D eigenvalue weighted by Gasteiger charge is -2.23. The Morgan fingerprint density at radius 1 is 1.31 bits per heavy atom. The zero-order valence-electron chi connectivity index (χ0n) is 13.8. The number of aromatic nitrogens is 2. The van der Waals surface area contributed by atoms with Crippen LogP contribution < -0.4 is 16.0 Å². The average molecular weight is 394 g/mol. The van der Waals surface area contributed by atoms with Crippen molar-refractivity contribution in [2.75, 3.05) is 12.3 Å². The fourth-order valence-electron chi connectivity index (χ4n) is 2.63. The summed E-state index contributed by atoms with van der Waals surface area (Å²) in [7, 11) is -3.70. The van der Waals surface area contributed by atoms with Gasteiger partial charge in [-0.15, -0.1) is 0 Å². The number of thioether (sulfide) groups is 1. The van der Waals surface area contributed by atoms with Gasteiger partial charge in [0.1, 0.15) is 0 Å². The van der Waals surface area contributed by atoms with Crippen molar-refractivity contribution in [1.82, 2.24) is 14.9 Å². The second-order valence-electron chi connectivity index (χ2n) is 5.91. The maximum absolute atomic E-state index is 12.3. The molecule has 1 aliphatic heterocycles. The van der Waals surface area contributed by atoms with E-state index in [1.807, 2.05) is 0 Å². The number of fused-ring (bicyclic) bond motifs is 1. The van der Waals surface area contributed by atoms with E-state index in [9.17, 15) is 18.0 Å². The van der Waals surface area contributed by atoms with E-state index in [2.05, 4.69) is 10.3 Å². The molecule has 1 atom stereocenters. The predicted molar refractivity (Wildman–Crippen MR) is 97.2 cm³/mol. The van der Waals surface area contributed by atoms with Crippen LogP contribution in [0.1, 0.15) is 5.56 Å². The third kappa shape index (κ3) is 4.32. The number of carbonyl (C=O) groups is 1. The first-order valence-corrected chi connectivity index (χ1v) is 10.5. The Bertz CT molecular complexity index is 970. The van der Waals surface area contributed by atoms with Gasteiger partial charge in [-0.2, -0.15) is 0 Å². The van der Waals surface area contributed by atoms with Crippen molar-refractivity contribution >= 4 is 27.7 Å². The first kappa shape index (κ1) is 18.6. The minimum atomic E-state index is -3.70. The fraction of sp³-hybridized carbons (Fsp3) is 0.312. The summed E-state index contributed by atoms with van der Waals surface area (Å²) in [6.45, 7) is 0.743. The molecule has 2 aromatic rings. The number of benzene rings is 1. The number of hydrogen-bond donors (Lipinski definition) is 2. The molecule has 1 aromatic carbocycles. The molecule has 0 spiro atoms. The van der Waals surface area contributed by atoms with Crippen LogP contribution >= 0.6 is 11.8 Å². The molecule has 2 heterocycles. The lowest BCUT2D eigenvalue weighted by molar-refractivity contribution is -0.124. The molecule has 0 bridgehead atoms. The van der Waals surface area contributed by atoms with Crippen LogP contribution in [0.5, 0.6) is 0 Å². The topological polar surface area (TPSA) is 124 Å². The van der Waals surface area contributed by atoms with E-state index in [-0.39, 0.29) is 22.3 Å². The summed E-state index contributed by atoms with van der Waals surface area (Å²) in [6.07, 6.45) is 2.04. The van der Waals surface area contributed by atoms with E-state index < -0.39 is 10.0 Å². The molecular formula is C16H18N4O4S2. The van der Waals surface area contributed by atoms with E-state index in [0.29, 0.717) is 30.4 Å². The molecule has 0 aliphatic carbocycles. The highest BCUT2D eigenvalue weighted by Gasteiger charge is 2.26. The molecule has 1 aliphatic rings. The summed E-state index contributed by atoms with van der Waals surface area (Å²) in [5, 5.41) is 8.56. The molecule has 0 radical (unpaired) electrons. The molecule has 26 heavy (non-hydrogen) atoms. The van der Waals surface area contributed by atoms with E-state index in [1.54, 1.807) is 12.1 Å². The summed E-state index contributed by atoms with van der Waals surface area (Å²) in [5.74, 6) is 0.171. The van der Waals surface area contributed by atoms with Crippen molar-refractivity contribution in [3.8, 4) is 0 Å². The molecule has 1 aromatic heterocycles. The monoisotopic (exact) mass is 394 g/mol. The maximum atomic E-state index is 12.3. The number of nitrogens with zero attached hydrogens (tertiary/aromatic N) is 2.